The number of quaternary nitrogens is 1. The summed E-state index contributed by atoms with van der Waals surface area (Å²) in [5.41, 5.74) is 0.809. The maximum atomic E-state index is 14.1. The van der Waals surface area contributed by atoms with E-state index in [1.54, 1.807) is 35.2 Å². The number of nitrogens with zero attached hydrogens (tertiary/aromatic N) is 1. The standard InChI is InChI=1S/C24H24ClFN2O3/c1-3-27(4-2)11-6-12-28-21(15-7-5-8-17(26)13-15)20-22(29)18-14-16(25)9-10-19(18)31-23(20)24(28)30/h5,7-10,13-14,21H,3-4,6,11-12H2,1-2H3/p+1. The third-order valence-corrected chi connectivity index (χ3v) is 6.26. The topological polar surface area (TPSA) is 55.0 Å². The Kier molecular flexibility index (Phi) is 6.12. The van der Waals surface area contributed by atoms with Crippen molar-refractivity contribution in [1.29, 1.82) is 0 Å². The van der Waals surface area contributed by atoms with Crippen LogP contribution in [0.4, 0.5) is 4.39 Å². The maximum Gasteiger partial charge on any atom is 0.290 e. The summed E-state index contributed by atoms with van der Waals surface area (Å²) in [7, 11) is 0. The van der Waals surface area contributed by atoms with Crippen molar-refractivity contribution in [1.82, 2.24) is 4.90 Å². The van der Waals surface area contributed by atoms with Gasteiger partial charge in [-0.1, -0.05) is 23.7 Å². The van der Waals surface area contributed by atoms with E-state index in [0.717, 1.165) is 26.1 Å². The minimum atomic E-state index is -0.690. The number of fused-ring (bicyclic) bond motifs is 2. The molecule has 2 aromatic carbocycles. The van der Waals surface area contributed by atoms with E-state index in [1.165, 1.54) is 17.0 Å². The smallest absolute Gasteiger partial charge is 0.290 e. The number of carbonyl (C=O) groups excluding carboxylic acids is 1. The van der Waals surface area contributed by atoms with Gasteiger partial charge in [0, 0.05) is 18.0 Å². The minimum absolute atomic E-state index is 0.0317. The molecule has 0 saturated carbocycles. The molecule has 2 heterocycles. The molecule has 7 heteroatoms. The molecule has 1 N–H and O–H groups in total. The zero-order chi connectivity index (χ0) is 22.1. The highest BCUT2D eigenvalue weighted by atomic mass is 35.5. The second kappa shape index (κ2) is 8.81. The summed E-state index contributed by atoms with van der Waals surface area (Å²) in [5, 5.41) is 0.723. The molecule has 0 spiro atoms. The van der Waals surface area contributed by atoms with Gasteiger partial charge in [-0.2, -0.15) is 0 Å². The third-order valence-electron chi connectivity index (χ3n) is 6.02. The van der Waals surface area contributed by atoms with Crippen molar-refractivity contribution in [3.63, 3.8) is 0 Å². The van der Waals surface area contributed by atoms with Crippen molar-refractivity contribution in [3.8, 4) is 0 Å². The van der Waals surface area contributed by atoms with Gasteiger partial charge in [0.1, 0.15) is 11.4 Å². The molecule has 1 aromatic heterocycles. The lowest BCUT2D eigenvalue weighted by Crippen LogP contribution is -3.11. The largest absolute Gasteiger partial charge is 0.450 e. The van der Waals surface area contributed by atoms with E-state index in [2.05, 4.69) is 13.8 Å². The van der Waals surface area contributed by atoms with Crippen molar-refractivity contribution >= 4 is 28.5 Å². The number of nitrogens with one attached hydrogen (secondary N) is 1. The highest BCUT2D eigenvalue weighted by molar-refractivity contribution is 6.31. The van der Waals surface area contributed by atoms with Gasteiger partial charge >= 0.3 is 0 Å². The fourth-order valence-electron chi connectivity index (χ4n) is 4.35. The van der Waals surface area contributed by atoms with Gasteiger partial charge in [-0.05, 0) is 49.7 Å². The third kappa shape index (κ3) is 3.98. The summed E-state index contributed by atoms with van der Waals surface area (Å²) in [5.74, 6) is -0.726. The molecule has 1 aliphatic rings. The summed E-state index contributed by atoms with van der Waals surface area (Å²) >= 11 is 6.09. The van der Waals surface area contributed by atoms with Crippen LogP contribution in [0.5, 0.6) is 0 Å². The number of carbonyl (C=O) groups is 1. The Labute approximate surface area is 185 Å². The van der Waals surface area contributed by atoms with Crippen molar-refractivity contribution in [2.75, 3.05) is 26.2 Å². The summed E-state index contributed by atoms with van der Waals surface area (Å²) in [4.78, 5) is 29.8. The molecule has 1 aliphatic heterocycles. The van der Waals surface area contributed by atoms with Crippen LogP contribution in [0.3, 0.4) is 0 Å². The summed E-state index contributed by atoms with van der Waals surface area (Å²) in [6.07, 6.45) is 0.766. The fraction of sp³-hybridized carbons (Fsp3) is 0.333. The van der Waals surface area contributed by atoms with Gasteiger partial charge in [0.05, 0.1) is 36.6 Å². The highest BCUT2D eigenvalue weighted by Crippen LogP contribution is 2.38. The van der Waals surface area contributed by atoms with Crippen LogP contribution in [0.2, 0.25) is 5.02 Å². The highest BCUT2D eigenvalue weighted by Gasteiger charge is 2.42. The van der Waals surface area contributed by atoms with Gasteiger partial charge in [0.15, 0.2) is 5.43 Å². The molecule has 162 valence electrons. The molecule has 1 amide bonds. The van der Waals surface area contributed by atoms with E-state index < -0.39 is 11.9 Å². The second-order valence-corrected chi connectivity index (χ2v) is 8.27. The first-order valence-electron chi connectivity index (χ1n) is 10.6. The average molecular weight is 444 g/mol. The van der Waals surface area contributed by atoms with Gasteiger partial charge < -0.3 is 14.2 Å². The average Bonchev–Trinajstić information content (AvgIpc) is 3.04. The molecule has 3 aromatic rings. The maximum absolute atomic E-state index is 14.1. The molecule has 1 unspecified atom stereocenters. The second-order valence-electron chi connectivity index (χ2n) is 7.83. The van der Waals surface area contributed by atoms with Crippen LogP contribution in [0, 0.1) is 5.82 Å². The Morgan fingerprint density at radius 2 is 1.90 bits per heavy atom. The van der Waals surface area contributed by atoms with E-state index in [9.17, 15) is 14.0 Å². The zero-order valence-corrected chi connectivity index (χ0v) is 18.3. The normalized spacial score (nSPS) is 15.8. The molecule has 1 atom stereocenters. The van der Waals surface area contributed by atoms with Crippen molar-refractivity contribution in [3.05, 3.63) is 80.4 Å². The molecule has 0 fully saturated rings. The molecule has 0 radical (unpaired) electrons. The van der Waals surface area contributed by atoms with Crippen LogP contribution in [0.15, 0.2) is 51.7 Å². The van der Waals surface area contributed by atoms with Crippen LogP contribution in [-0.4, -0.2) is 37.0 Å². The van der Waals surface area contributed by atoms with Gasteiger partial charge in [-0.3, -0.25) is 9.59 Å². The van der Waals surface area contributed by atoms with Crippen LogP contribution >= 0.6 is 11.6 Å². The molecule has 0 aliphatic carbocycles. The van der Waals surface area contributed by atoms with Gasteiger partial charge in [-0.15, -0.1) is 0 Å². The Morgan fingerprint density at radius 3 is 2.61 bits per heavy atom. The molecular formula is C24H25ClFN2O3+. The van der Waals surface area contributed by atoms with Gasteiger partial charge in [-0.25, -0.2) is 4.39 Å². The molecule has 4 rings (SSSR count). The number of hydrogen-bond acceptors (Lipinski definition) is 3. The first-order valence-corrected chi connectivity index (χ1v) is 11.0. The van der Waals surface area contributed by atoms with Crippen molar-refractivity contribution in [2.24, 2.45) is 0 Å². The number of benzene rings is 2. The van der Waals surface area contributed by atoms with Crippen LogP contribution in [0.25, 0.3) is 11.0 Å². The first-order chi connectivity index (χ1) is 14.9. The van der Waals surface area contributed by atoms with E-state index in [4.69, 9.17) is 16.0 Å². The lowest BCUT2D eigenvalue weighted by molar-refractivity contribution is -0.896. The number of amides is 1. The fourth-order valence-corrected chi connectivity index (χ4v) is 4.52. The number of rotatable bonds is 7. The van der Waals surface area contributed by atoms with Crippen molar-refractivity contribution < 1.29 is 18.5 Å². The summed E-state index contributed by atoms with van der Waals surface area (Å²) in [6.45, 7) is 7.62. The number of hydrogen-bond donors (Lipinski definition) is 1. The lowest BCUT2D eigenvalue weighted by Gasteiger charge is -2.26. The summed E-state index contributed by atoms with van der Waals surface area (Å²) < 4.78 is 19.9. The SMILES string of the molecule is CC[NH+](CC)CCCN1C(=O)c2oc3ccc(Cl)cc3c(=O)c2C1c1cccc(F)c1. The first kappa shape index (κ1) is 21.5. The molecule has 0 saturated heterocycles. The zero-order valence-electron chi connectivity index (χ0n) is 17.6. The Morgan fingerprint density at radius 1 is 1.13 bits per heavy atom. The van der Waals surface area contributed by atoms with Crippen LogP contribution in [-0.2, 0) is 0 Å². The van der Waals surface area contributed by atoms with Crippen molar-refractivity contribution in [2.45, 2.75) is 26.3 Å². The van der Waals surface area contributed by atoms with Crippen LogP contribution < -0.4 is 10.3 Å². The Hall–Kier alpha value is -2.70. The molecular weight excluding hydrogens is 419 g/mol. The molecule has 5 nitrogen and oxygen atoms in total. The van der Waals surface area contributed by atoms with E-state index >= 15 is 0 Å². The quantitative estimate of drug-likeness (QED) is 0.608. The molecule has 31 heavy (non-hydrogen) atoms. The van der Waals surface area contributed by atoms with E-state index in [-0.39, 0.29) is 22.7 Å². The van der Waals surface area contributed by atoms with Gasteiger partial charge in [0.2, 0.25) is 5.76 Å². The Balaban J connectivity index is 1.81. The predicted octanol–water partition coefficient (Wildman–Crippen LogP) is 3.45. The number of halogens is 2. The van der Waals surface area contributed by atoms with Gasteiger partial charge in [0.25, 0.3) is 5.91 Å². The minimum Gasteiger partial charge on any atom is -0.450 e. The predicted molar refractivity (Wildman–Crippen MR) is 118 cm³/mol. The Bertz CT molecular complexity index is 1190. The van der Waals surface area contributed by atoms with E-state index in [1.807, 2.05) is 0 Å². The lowest BCUT2D eigenvalue weighted by atomic mass is 9.98. The summed E-state index contributed by atoms with van der Waals surface area (Å²) in [6, 6.07) is 10.1. The van der Waals surface area contributed by atoms with Crippen LogP contribution in [0.1, 0.15) is 48.0 Å². The van der Waals surface area contributed by atoms with E-state index in [0.29, 0.717) is 28.1 Å². The molecule has 0 bridgehead atoms. The monoisotopic (exact) mass is 443 g/mol.